The maximum Gasteiger partial charge on any atom is 0.323 e. The smallest absolute Gasteiger partial charge is 0.323 e. The molecule has 1 aromatic carbocycles. The summed E-state index contributed by atoms with van der Waals surface area (Å²) in [5, 5.41) is 2.85. The van der Waals surface area contributed by atoms with Gasteiger partial charge in [0.15, 0.2) is 0 Å². The second-order valence-corrected chi connectivity index (χ2v) is 5.54. The fraction of sp³-hybridized carbons (Fsp3) is 0.429. The monoisotopic (exact) mass is 296 g/mol. The molecule has 0 fully saturated rings. The predicted octanol–water partition coefficient (Wildman–Crippen LogP) is 1.48. The molecule has 20 heavy (non-hydrogen) atoms. The first-order valence-electron chi connectivity index (χ1n) is 6.22. The number of esters is 1. The molecule has 1 aromatic rings. The molecule has 0 aliphatic heterocycles. The van der Waals surface area contributed by atoms with Crippen LogP contribution in [-0.4, -0.2) is 36.5 Å². The van der Waals surface area contributed by atoms with Crippen LogP contribution in [0.15, 0.2) is 18.2 Å². The van der Waals surface area contributed by atoms with E-state index >= 15 is 0 Å². The average Bonchev–Trinajstić information content (AvgIpc) is 2.41. The first-order chi connectivity index (χ1) is 9.43. The molecule has 1 amide bonds. The van der Waals surface area contributed by atoms with Crippen molar-refractivity contribution in [2.75, 3.05) is 23.9 Å². The second-order valence-electron chi connectivity index (χ2n) is 4.51. The number of hydrogen-bond donors (Lipinski definition) is 2. The van der Waals surface area contributed by atoms with Crippen LogP contribution >= 0.6 is 11.8 Å². The number of nitrogens with one attached hydrogen (secondary N) is 1. The Balaban J connectivity index is 2.41. The molecule has 1 unspecified atom stereocenters. The summed E-state index contributed by atoms with van der Waals surface area (Å²) in [6, 6.07) is 5.19. The third-order valence-corrected chi connectivity index (χ3v) is 3.76. The van der Waals surface area contributed by atoms with Crippen molar-refractivity contribution in [2.24, 2.45) is 5.73 Å². The Morgan fingerprint density at radius 2 is 2.10 bits per heavy atom. The van der Waals surface area contributed by atoms with Crippen LogP contribution in [-0.2, 0) is 14.3 Å². The highest BCUT2D eigenvalue weighted by Crippen LogP contribution is 2.16. The highest BCUT2D eigenvalue weighted by atomic mass is 32.2. The van der Waals surface area contributed by atoms with E-state index in [0.717, 1.165) is 16.8 Å². The molecule has 110 valence electrons. The van der Waals surface area contributed by atoms with Crippen molar-refractivity contribution < 1.29 is 14.3 Å². The molecule has 0 saturated carbocycles. The van der Waals surface area contributed by atoms with Crippen LogP contribution < -0.4 is 11.1 Å². The molecule has 0 aliphatic rings. The van der Waals surface area contributed by atoms with Gasteiger partial charge in [0.25, 0.3) is 0 Å². The number of amides is 1. The lowest BCUT2D eigenvalue weighted by atomic mass is 10.1. The van der Waals surface area contributed by atoms with Gasteiger partial charge < -0.3 is 15.8 Å². The van der Waals surface area contributed by atoms with E-state index in [0.29, 0.717) is 5.75 Å². The fourth-order valence-electron chi connectivity index (χ4n) is 1.55. The number of ether oxygens (including phenoxy) is 1. The SMILES string of the molecule is COC(=O)C(N)CSCC(=O)Nc1cc(C)ccc1C. The summed E-state index contributed by atoms with van der Waals surface area (Å²) in [7, 11) is 1.29. The fourth-order valence-corrected chi connectivity index (χ4v) is 2.32. The van der Waals surface area contributed by atoms with E-state index in [1.54, 1.807) is 0 Å². The highest BCUT2D eigenvalue weighted by molar-refractivity contribution is 8.00. The van der Waals surface area contributed by atoms with E-state index in [4.69, 9.17) is 5.73 Å². The Hall–Kier alpha value is -1.53. The number of anilines is 1. The van der Waals surface area contributed by atoms with Crippen molar-refractivity contribution in [3.63, 3.8) is 0 Å². The maximum absolute atomic E-state index is 11.8. The molecule has 1 rings (SSSR count). The van der Waals surface area contributed by atoms with E-state index in [2.05, 4.69) is 10.1 Å². The minimum Gasteiger partial charge on any atom is -0.468 e. The van der Waals surface area contributed by atoms with Gasteiger partial charge in [0.1, 0.15) is 6.04 Å². The molecule has 0 aromatic heterocycles. The largest absolute Gasteiger partial charge is 0.468 e. The molecule has 5 nitrogen and oxygen atoms in total. The summed E-state index contributed by atoms with van der Waals surface area (Å²) in [5.74, 6) is 0.0264. The van der Waals surface area contributed by atoms with Crippen LogP contribution in [0.5, 0.6) is 0 Å². The molecule has 0 heterocycles. The third kappa shape index (κ3) is 5.22. The lowest BCUT2D eigenvalue weighted by molar-refractivity contribution is -0.141. The van der Waals surface area contributed by atoms with Crippen LogP contribution in [0.25, 0.3) is 0 Å². The first kappa shape index (κ1) is 16.5. The second kappa shape index (κ2) is 7.91. The number of nitrogens with two attached hydrogens (primary N) is 1. The quantitative estimate of drug-likeness (QED) is 0.777. The zero-order valence-corrected chi connectivity index (χ0v) is 12.8. The molecule has 6 heteroatoms. The van der Waals surface area contributed by atoms with Crippen LogP contribution in [0.2, 0.25) is 0 Å². The molecule has 0 saturated heterocycles. The van der Waals surface area contributed by atoms with Crippen molar-refractivity contribution in [2.45, 2.75) is 19.9 Å². The topological polar surface area (TPSA) is 81.4 Å². The normalized spacial score (nSPS) is 11.8. The molecule has 3 N–H and O–H groups in total. The summed E-state index contributed by atoms with van der Waals surface area (Å²) in [6.07, 6.45) is 0. The zero-order chi connectivity index (χ0) is 15.1. The number of benzene rings is 1. The minimum absolute atomic E-state index is 0.110. The molecule has 0 spiro atoms. The standard InChI is InChI=1S/C14H20N2O3S/c1-9-4-5-10(2)12(6-9)16-13(17)8-20-7-11(15)14(18)19-3/h4-6,11H,7-8,15H2,1-3H3,(H,16,17). The van der Waals surface area contributed by atoms with E-state index < -0.39 is 12.0 Å². The molecular weight excluding hydrogens is 276 g/mol. The first-order valence-corrected chi connectivity index (χ1v) is 7.37. The summed E-state index contributed by atoms with van der Waals surface area (Å²) in [4.78, 5) is 22.9. The number of methoxy groups -OCH3 is 1. The molecule has 0 radical (unpaired) electrons. The summed E-state index contributed by atoms with van der Waals surface area (Å²) < 4.78 is 4.52. The third-order valence-electron chi connectivity index (χ3n) is 2.70. The van der Waals surface area contributed by atoms with Gasteiger partial charge in [-0.25, -0.2) is 0 Å². The number of thioether (sulfide) groups is 1. The summed E-state index contributed by atoms with van der Waals surface area (Å²) in [6.45, 7) is 3.91. The molecule has 0 aliphatic carbocycles. The van der Waals surface area contributed by atoms with Crippen LogP contribution in [0.1, 0.15) is 11.1 Å². The van der Waals surface area contributed by atoms with Gasteiger partial charge in [-0.3, -0.25) is 9.59 Å². The van der Waals surface area contributed by atoms with Crippen molar-refractivity contribution >= 4 is 29.3 Å². The van der Waals surface area contributed by atoms with Gasteiger partial charge >= 0.3 is 5.97 Å². The Labute approximate surface area is 123 Å². The van der Waals surface area contributed by atoms with Crippen LogP contribution in [0.3, 0.4) is 0 Å². The van der Waals surface area contributed by atoms with Gasteiger partial charge in [-0.15, -0.1) is 11.8 Å². The number of carbonyl (C=O) groups is 2. The minimum atomic E-state index is -0.696. The molecule has 1 atom stereocenters. The lowest BCUT2D eigenvalue weighted by Gasteiger charge is -2.10. The van der Waals surface area contributed by atoms with Gasteiger partial charge in [-0.1, -0.05) is 12.1 Å². The van der Waals surface area contributed by atoms with Gasteiger partial charge in [0.2, 0.25) is 5.91 Å². The van der Waals surface area contributed by atoms with Gasteiger partial charge in [-0.2, -0.15) is 0 Å². The zero-order valence-electron chi connectivity index (χ0n) is 11.9. The predicted molar refractivity (Wildman–Crippen MR) is 81.9 cm³/mol. The van der Waals surface area contributed by atoms with E-state index in [1.165, 1.54) is 18.9 Å². The van der Waals surface area contributed by atoms with Crippen molar-refractivity contribution in [3.8, 4) is 0 Å². The Morgan fingerprint density at radius 3 is 2.75 bits per heavy atom. The van der Waals surface area contributed by atoms with Gasteiger partial charge in [0, 0.05) is 11.4 Å². The number of rotatable bonds is 6. The number of hydrogen-bond acceptors (Lipinski definition) is 5. The Kier molecular flexibility index (Phi) is 6.54. The highest BCUT2D eigenvalue weighted by Gasteiger charge is 2.14. The van der Waals surface area contributed by atoms with Crippen molar-refractivity contribution in [1.29, 1.82) is 0 Å². The Morgan fingerprint density at radius 1 is 1.40 bits per heavy atom. The van der Waals surface area contributed by atoms with E-state index in [1.807, 2.05) is 32.0 Å². The number of aryl methyl sites for hydroxylation is 2. The van der Waals surface area contributed by atoms with Crippen molar-refractivity contribution in [1.82, 2.24) is 0 Å². The van der Waals surface area contributed by atoms with Gasteiger partial charge in [0.05, 0.1) is 12.9 Å². The van der Waals surface area contributed by atoms with E-state index in [9.17, 15) is 9.59 Å². The van der Waals surface area contributed by atoms with Crippen LogP contribution in [0, 0.1) is 13.8 Å². The summed E-state index contributed by atoms with van der Waals surface area (Å²) >= 11 is 1.30. The van der Waals surface area contributed by atoms with Gasteiger partial charge in [-0.05, 0) is 31.0 Å². The molecular formula is C14H20N2O3S. The Bertz CT molecular complexity index is 491. The van der Waals surface area contributed by atoms with Crippen molar-refractivity contribution in [3.05, 3.63) is 29.3 Å². The van der Waals surface area contributed by atoms with E-state index in [-0.39, 0.29) is 11.7 Å². The number of carbonyl (C=O) groups excluding carboxylic acids is 2. The van der Waals surface area contributed by atoms with Crippen LogP contribution in [0.4, 0.5) is 5.69 Å². The summed E-state index contributed by atoms with van der Waals surface area (Å²) in [5.41, 5.74) is 8.50. The molecule has 0 bridgehead atoms. The maximum atomic E-state index is 11.8. The lowest BCUT2D eigenvalue weighted by Crippen LogP contribution is -2.34. The average molecular weight is 296 g/mol.